The van der Waals surface area contributed by atoms with Crippen molar-refractivity contribution in [2.45, 2.75) is 17.5 Å². The summed E-state index contributed by atoms with van der Waals surface area (Å²) in [6.07, 6.45) is 0. The lowest BCUT2D eigenvalue weighted by atomic mass is 10.2. The van der Waals surface area contributed by atoms with Crippen LogP contribution in [0.1, 0.15) is 5.56 Å². The van der Waals surface area contributed by atoms with Crippen molar-refractivity contribution >= 4 is 11.8 Å². The number of benzene rings is 1. The summed E-state index contributed by atoms with van der Waals surface area (Å²) in [4.78, 5) is 0. The SMILES string of the molecule is CNCCn1nnnc1SCc1ccccc1OC. The van der Waals surface area contributed by atoms with Gasteiger partial charge < -0.3 is 10.1 Å². The number of nitrogens with zero attached hydrogens (tertiary/aromatic N) is 4. The van der Waals surface area contributed by atoms with Crippen LogP contribution in [-0.4, -0.2) is 40.9 Å². The van der Waals surface area contributed by atoms with Crippen LogP contribution in [0.5, 0.6) is 5.75 Å². The van der Waals surface area contributed by atoms with Gasteiger partial charge in [-0.15, -0.1) is 5.10 Å². The summed E-state index contributed by atoms with van der Waals surface area (Å²) in [5.41, 5.74) is 1.14. The van der Waals surface area contributed by atoms with Crippen LogP contribution in [-0.2, 0) is 12.3 Å². The van der Waals surface area contributed by atoms with Gasteiger partial charge in [0.25, 0.3) is 0 Å². The summed E-state index contributed by atoms with van der Waals surface area (Å²) < 4.78 is 7.13. The molecule has 0 aliphatic carbocycles. The number of likely N-dealkylation sites (N-methyl/N-ethyl adjacent to an activating group) is 1. The Balaban J connectivity index is 2.00. The predicted octanol–water partition coefficient (Wildman–Crippen LogP) is 1.19. The van der Waals surface area contributed by atoms with Gasteiger partial charge in [-0.1, -0.05) is 30.0 Å². The third-order valence-corrected chi connectivity index (χ3v) is 3.63. The van der Waals surface area contributed by atoms with Gasteiger partial charge in [0.15, 0.2) is 0 Å². The molecule has 102 valence electrons. The molecule has 0 fully saturated rings. The van der Waals surface area contributed by atoms with Crippen LogP contribution < -0.4 is 10.1 Å². The van der Waals surface area contributed by atoms with Crippen LogP contribution in [0.2, 0.25) is 0 Å². The fourth-order valence-corrected chi connectivity index (χ4v) is 2.52. The van der Waals surface area contributed by atoms with Gasteiger partial charge in [0, 0.05) is 17.9 Å². The number of aromatic nitrogens is 4. The molecule has 1 heterocycles. The highest BCUT2D eigenvalue weighted by atomic mass is 32.2. The molecular weight excluding hydrogens is 262 g/mol. The minimum atomic E-state index is 0.762. The summed E-state index contributed by atoms with van der Waals surface area (Å²) in [6, 6.07) is 7.97. The molecule has 0 saturated heterocycles. The second kappa shape index (κ2) is 7.10. The predicted molar refractivity (Wildman–Crippen MR) is 74.3 cm³/mol. The minimum absolute atomic E-state index is 0.762. The van der Waals surface area contributed by atoms with Crippen molar-refractivity contribution in [3.05, 3.63) is 29.8 Å². The zero-order valence-corrected chi connectivity index (χ0v) is 11.9. The number of rotatable bonds is 7. The Labute approximate surface area is 116 Å². The van der Waals surface area contributed by atoms with E-state index in [1.807, 2.05) is 31.3 Å². The highest BCUT2D eigenvalue weighted by Gasteiger charge is 2.08. The molecule has 0 aliphatic heterocycles. The highest BCUT2D eigenvalue weighted by Crippen LogP contribution is 2.26. The maximum absolute atomic E-state index is 5.33. The van der Waals surface area contributed by atoms with Crippen molar-refractivity contribution in [2.24, 2.45) is 0 Å². The van der Waals surface area contributed by atoms with E-state index in [0.29, 0.717) is 0 Å². The Morgan fingerprint density at radius 3 is 3.00 bits per heavy atom. The lowest BCUT2D eigenvalue weighted by molar-refractivity contribution is 0.411. The van der Waals surface area contributed by atoms with Gasteiger partial charge in [0.2, 0.25) is 5.16 Å². The van der Waals surface area contributed by atoms with E-state index in [4.69, 9.17) is 4.74 Å². The van der Waals surface area contributed by atoms with E-state index < -0.39 is 0 Å². The molecule has 19 heavy (non-hydrogen) atoms. The molecule has 0 radical (unpaired) electrons. The molecule has 0 saturated carbocycles. The molecular formula is C12H17N5OS. The second-order valence-electron chi connectivity index (χ2n) is 3.89. The molecule has 2 aromatic rings. The monoisotopic (exact) mass is 279 g/mol. The number of nitrogens with one attached hydrogen (secondary N) is 1. The first kappa shape index (κ1) is 13.8. The van der Waals surface area contributed by atoms with Crippen molar-refractivity contribution in [3.8, 4) is 5.75 Å². The molecule has 2 rings (SSSR count). The van der Waals surface area contributed by atoms with Crippen LogP contribution in [0.3, 0.4) is 0 Å². The maximum Gasteiger partial charge on any atom is 0.209 e. The summed E-state index contributed by atoms with van der Waals surface area (Å²) >= 11 is 1.61. The van der Waals surface area contributed by atoms with E-state index in [-0.39, 0.29) is 0 Å². The Morgan fingerprint density at radius 2 is 2.21 bits per heavy atom. The molecule has 0 bridgehead atoms. The molecule has 0 aliphatic rings. The number of methoxy groups -OCH3 is 1. The van der Waals surface area contributed by atoms with Gasteiger partial charge in [0.1, 0.15) is 5.75 Å². The van der Waals surface area contributed by atoms with Crippen LogP contribution >= 0.6 is 11.8 Å². The second-order valence-corrected chi connectivity index (χ2v) is 4.83. The van der Waals surface area contributed by atoms with Gasteiger partial charge in [-0.25, -0.2) is 4.68 Å². The minimum Gasteiger partial charge on any atom is -0.496 e. The average Bonchev–Trinajstić information content (AvgIpc) is 2.90. The van der Waals surface area contributed by atoms with Crippen molar-refractivity contribution in [1.82, 2.24) is 25.5 Å². The van der Waals surface area contributed by atoms with E-state index in [1.54, 1.807) is 23.6 Å². The molecule has 1 N–H and O–H groups in total. The van der Waals surface area contributed by atoms with Gasteiger partial charge >= 0.3 is 0 Å². The Bertz CT molecular complexity index is 516. The largest absolute Gasteiger partial charge is 0.496 e. The van der Waals surface area contributed by atoms with Crippen LogP contribution in [0.25, 0.3) is 0 Å². The topological polar surface area (TPSA) is 64.9 Å². The highest BCUT2D eigenvalue weighted by molar-refractivity contribution is 7.98. The molecule has 1 aromatic carbocycles. The third kappa shape index (κ3) is 3.68. The van der Waals surface area contributed by atoms with Crippen molar-refractivity contribution in [3.63, 3.8) is 0 Å². The quantitative estimate of drug-likeness (QED) is 0.768. The Kier molecular flexibility index (Phi) is 5.17. The molecule has 0 unspecified atom stereocenters. The standard InChI is InChI=1S/C12H17N5OS/c1-13-7-8-17-12(14-15-16-17)19-9-10-5-3-4-6-11(10)18-2/h3-6,13H,7-9H2,1-2H3. The van der Waals surface area contributed by atoms with E-state index in [9.17, 15) is 0 Å². The molecule has 0 amide bonds. The number of hydrogen-bond acceptors (Lipinski definition) is 6. The molecule has 0 atom stereocenters. The van der Waals surface area contributed by atoms with E-state index in [0.717, 1.165) is 35.3 Å². The first-order valence-corrected chi connectivity index (χ1v) is 6.99. The maximum atomic E-state index is 5.33. The fraction of sp³-hybridized carbons (Fsp3) is 0.417. The summed E-state index contributed by atoms with van der Waals surface area (Å²) in [6.45, 7) is 1.60. The molecule has 0 spiro atoms. The average molecular weight is 279 g/mol. The van der Waals surface area contributed by atoms with Crippen LogP contribution in [0.15, 0.2) is 29.4 Å². The zero-order valence-electron chi connectivity index (χ0n) is 11.0. The Hall–Kier alpha value is -1.60. The van der Waals surface area contributed by atoms with Crippen molar-refractivity contribution < 1.29 is 4.74 Å². The lowest BCUT2D eigenvalue weighted by Gasteiger charge is -2.07. The van der Waals surface area contributed by atoms with Gasteiger partial charge in [-0.2, -0.15) is 0 Å². The zero-order chi connectivity index (χ0) is 13.5. The number of thioether (sulfide) groups is 1. The summed E-state index contributed by atoms with van der Waals surface area (Å²) in [7, 11) is 3.59. The molecule has 1 aromatic heterocycles. The number of tetrazole rings is 1. The number of para-hydroxylation sites is 1. The van der Waals surface area contributed by atoms with Crippen LogP contribution in [0.4, 0.5) is 0 Å². The van der Waals surface area contributed by atoms with Crippen LogP contribution in [0, 0.1) is 0 Å². The summed E-state index contributed by atoms with van der Waals surface area (Å²) in [5.74, 6) is 1.67. The fourth-order valence-electron chi connectivity index (χ4n) is 1.62. The van der Waals surface area contributed by atoms with E-state index in [2.05, 4.69) is 20.8 Å². The van der Waals surface area contributed by atoms with Gasteiger partial charge in [0.05, 0.1) is 13.7 Å². The normalized spacial score (nSPS) is 10.6. The first-order chi connectivity index (χ1) is 9.35. The Morgan fingerprint density at radius 1 is 1.37 bits per heavy atom. The smallest absolute Gasteiger partial charge is 0.209 e. The summed E-state index contributed by atoms with van der Waals surface area (Å²) in [5, 5.41) is 15.6. The van der Waals surface area contributed by atoms with E-state index in [1.165, 1.54) is 0 Å². The lowest BCUT2D eigenvalue weighted by Crippen LogP contribution is -2.16. The first-order valence-electron chi connectivity index (χ1n) is 6.00. The van der Waals surface area contributed by atoms with Crippen molar-refractivity contribution in [1.29, 1.82) is 0 Å². The van der Waals surface area contributed by atoms with Gasteiger partial charge in [-0.05, 0) is 23.5 Å². The third-order valence-electron chi connectivity index (χ3n) is 2.62. The van der Waals surface area contributed by atoms with Gasteiger partial charge in [-0.3, -0.25) is 0 Å². The molecule has 7 heteroatoms. The van der Waals surface area contributed by atoms with Crippen molar-refractivity contribution in [2.75, 3.05) is 20.7 Å². The van der Waals surface area contributed by atoms with E-state index >= 15 is 0 Å². The number of ether oxygens (including phenoxy) is 1. The number of hydrogen-bond donors (Lipinski definition) is 1. The molecule has 6 nitrogen and oxygen atoms in total.